The lowest BCUT2D eigenvalue weighted by atomic mass is 9.95. The maximum atomic E-state index is 13.5. The van der Waals surface area contributed by atoms with Crippen molar-refractivity contribution >= 4 is 57.5 Å². The van der Waals surface area contributed by atoms with Crippen molar-refractivity contribution in [2.24, 2.45) is 4.99 Å². The lowest BCUT2D eigenvalue weighted by Crippen LogP contribution is -2.35. The average molecular weight is 417 g/mol. The van der Waals surface area contributed by atoms with Gasteiger partial charge in [-0.25, -0.2) is 4.99 Å². The minimum Gasteiger partial charge on any atom is -0.507 e. The van der Waals surface area contributed by atoms with Gasteiger partial charge in [-0.1, -0.05) is 24.3 Å². The Kier molecular flexibility index (Phi) is 3.71. The van der Waals surface area contributed by atoms with E-state index < -0.39 is 0 Å². The molecular weight excluding hydrogens is 400 g/mol. The van der Waals surface area contributed by atoms with Crippen molar-refractivity contribution in [3.05, 3.63) is 58.5 Å². The Morgan fingerprint density at radius 3 is 2.87 bits per heavy atom. The second-order valence-electron chi connectivity index (χ2n) is 7.71. The molecule has 3 heterocycles. The first-order chi connectivity index (χ1) is 14.7. The van der Waals surface area contributed by atoms with Gasteiger partial charge in [0.1, 0.15) is 23.8 Å². The first-order valence-electron chi connectivity index (χ1n) is 9.84. The maximum Gasteiger partial charge on any atom is 0.276 e. The summed E-state index contributed by atoms with van der Waals surface area (Å²) in [6.45, 7) is 0.994. The fraction of sp³-hybridized carbons (Fsp3) is 0.167. The third-order valence-corrected chi connectivity index (χ3v) is 6.44. The van der Waals surface area contributed by atoms with Gasteiger partial charge in [0.25, 0.3) is 5.91 Å². The molecule has 0 spiro atoms. The minimum atomic E-state index is -0.192. The van der Waals surface area contributed by atoms with E-state index in [4.69, 9.17) is 16.3 Å². The van der Waals surface area contributed by atoms with Crippen LogP contribution in [0.4, 0.5) is 11.4 Å². The van der Waals surface area contributed by atoms with Crippen LogP contribution in [0, 0.1) is 0 Å². The van der Waals surface area contributed by atoms with Gasteiger partial charge in [0.2, 0.25) is 0 Å². The number of rotatable bonds is 2. The highest BCUT2D eigenvalue weighted by Gasteiger charge is 2.36. The van der Waals surface area contributed by atoms with E-state index in [0.717, 1.165) is 38.2 Å². The van der Waals surface area contributed by atoms with E-state index in [9.17, 15) is 9.90 Å². The van der Waals surface area contributed by atoms with Crippen LogP contribution in [0.15, 0.2) is 47.5 Å². The van der Waals surface area contributed by atoms with Gasteiger partial charge >= 0.3 is 0 Å². The topological polar surface area (TPSA) is 62.1 Å². The molecular formula is C24H17ClN2O3. The summed E-state index contributed by atoms with van der Waals surface area (Å²) >= 11 is 6.29. The number of carbonyl (C=O) groups is 1. The molecule has 3 aliphatic rings. The predicted molar refractivity (Wildman–Crippen MR) is 119 cm³/mol. The third kappa shape index (κ3) is 2.36. The smallest absolute Gasteiger partial charge is 0.276 e. The molecule has 6 rings (SSSR count). The monoisotopic (exact) mass is 416 g/mol. The van der Waals surface area contributed by atoms with Gasteiger partial charge in [0, 0.05) is 40.2 Å². The Labute approximate surface area is 177 Å². The van der Waals surface area contributed by atoms with Crippen LogP contribution in [0.25, 0.3) is 22.9 Å². The van der Waals surface area contributed by atoms with Crippen molar-refractivity contribution in [3.63, 3.8) is 0 Å². The summed E-state index contributed by atoms with van der Waals surface area (Å²) in [6, 6.07) is 13.1. The van der Waals surface area contributed by atoms with Gasteiger partial charge in [0.15, 0.2) is 0 Å². The van der Waals surface area contributed by atoms with Crippen molar-refractivity contribution in [1.82, 2.24) is 0 Å². The summed E-state index contributed by atoms with van der Waals surface area (Å²) in [5.41, 5.74) is 2.86. The predicted octanol–water partition coefficient (Wildman–Crippen LogP) is 2.95. The number of hydrogen-bond donors (Lipinski definition) is 1. The van der Waals surface area contributed by atoms with E-state index in [1.165, 1.54) is 0 Å². The highest BCUT2D eigenvalue weighted by molar-refractivity contribution is 6.55. The molecule has 1 amide bonds. The van der Waals surface area contributed by atoms with Crippen LogP contribution < -0.4 is 20.1 Å². The molecule has 3 aromatic carbocycles. The molecule has 3 aliphatic heterocycles. The quantitative estimate of drug-likeness (QED) is 0.653. The Morgan fingerprint density at radius 2 is 2.03 bits per heavy atom. The number of fused-ring (bicyclic) bond motifs is 6. The summed E-state index contributed by atoms with van der Waals surface area (Å²) in [6.07, 6.45) is 3.84. The number of nitrogens with zero attached hydrogens (tertiary/aromatic N) is 2. The molecule has 0 saturated heterocycles. The van der Waals surface area contributed by atoms with E-state index >= 15 is 0 Å². The standard InChI is InChI=1S/C24H17ClN2O3/c25-11-13-12-27(20-10-21(28)14-3-1-2-4-16(14)23(13)20)24(29)19-9-17-15-7-8-30-22(15)6-5-18(17)26-19/h1-7,9-10,13,28H,8,11-12H2/t13-/m1/s1. The molecule has 148 valence electrons. The number of benzene rings is 3. The van der Waals surface area contributed by atoms with Crippen LogP contribution >= 0.6 is 11.6 Å². The van der Waals surface area contributed by atoms with Gasteiger partial charge in [-0.3, -0.25) is 4.79 Å². The van der Waals surface area contributed by atoms with Crippen molar-refractivity contribution in [1.29, 1.82) is 0 Å². The van der Waals surface area contributed by atoms with Crippen LogP contribution in [-0.2, 0) is 4.79 Å². The zero-order chi connectivity index (χ0) is 20.4. The number of halogens is 1. The van der Waals surface area contributed by atoms with Crippen LogP contribution in [0.5, 0.6) is 11.5 Å². The second-order valence-corrected chi connectivity index (χ2v) is 8.02. The van der Waals surface area contributed by atoms with Gasteiger partial charge < -0.3 is 14.7 Å². The Bertz CT molecular complexity index is 1410. The van der Waals surface area contributed by atoms with Gasteiger partial charge in [0.05, 0.1) is 11.4 Å². The molecule has 5 nitrogen and oxygen atoms in total. The van der Waals surface area contributed by atoms with Crippen molar-refractivity contribution < 1.29 is 14.6 Å². The highest BCUT2D eigenvalue weighted by atomic mass is 35.5. The molecule has 0 bridgehead atoms. The summed E-state index contributed by atoms with van der Waals surface area (Å²) in [5.74, 6) is 1.16. The maximum absolute atomic E-state index is 13.5. The van der Waals surface area contributed by atoms with Crippen molar-refractivity contribution in [2.75, 3.05) is 23.9 Å². The fourth-order valence-electron chi connectivity index (χ4n) is 4.70. The Hall–Kier alpha value is -3.31. The molecule has 0 aliphatic carbocycles. The number of amides is 1. The summed E-state index contributed by atoms with van der Waals surface area (Å²) < 4.78 is 5.58. The first kappa shape index (κ1) is 17.5. The van der Waals surface area contributed by atoms with Crippen LogP contribution in [0.3, 0.4) is 0 Å². The van der Waals surface area contributed by atoms with E-state index in [0.29, 0.717) is 30.4 Å². The molecule has 0 fully saturated rings. The number of alkyl halides is 1. The first-order valence-corrected chi connectivity index (χ1v) is 10.4. The normalized spacial score (nSPS) is 18.2. The van der Waals surface area contributed by atoms with Gasteiger partial charge in [-0.05, 0) is 35.2 Å². The largest absolute Gasteiger partial charge is 0.507 e. The third-order valence-electron chi connectivity index (χ3n) is 6.07. The van der Waals surface area contributed by atoms with E-state index in [1.54, 1.807) is 11.0 Å². The van der Waals surface area contributed by atoms with E-state index in [2.05, 4.69) is 4.99 Å². The van der Waals surface area contributed by atoms with E-state index in [-0.39, 0.29) is 17.6 Å². The average Bonchev–Trinajstić information content (AvgIpc) is 3.48. The molecule has 1 atom stereocenters. The molecule has 0 saturated carbocycles. The van der Waals surface area contributed by atoms with E-state index in [1.807, 2.05) is 48.6 Å². The molecule has 3 aromatic rings. The number of anilines is 1. The zero-order valence-corrected chi connectivity index (χ0v) is 16.7. The number of aromatic hydroxyl groups is 1. The van der Waals surface area contributed by atoms with Crippen LogP contribution in [-0.4, -0.2) is 35.8 Å². The number of phenols is 1. The number of phenolic OH excluding ortho intramolecular Hbond substituents is 1. The Morgan fingerprint density at radius 1 is 1.20 bits per heavy atom. The summed E-state index contributed by atoms with van der Waals surface area (Å²) in [7, 11) is 0. The molecule has 30 heavy (non-hydrogen) atoms. The van der Waals surface area contributed by atoms with Gasteiger partial charge in [-0.15, -0.1) is 11.6 Å². The molecule has 1 N–H and O–H groups in total. The zero-order valence-electron chi connectivity index (χ0n) is 15.9. The fourth-order valence-corrected chi connectivity index (χ4v) is 4.95. The van der Waals surface area contributed by atoms with Gasteiger partial charge in [-0.2, -0.15) is 0 Å². The van der Waals surface area contributed by atoms with Crippen LogP contribution in [0.2, 0.25) is 0 Å². The lowest BCUT2D eigenvalue weighted by Gasteiger charge is -2.17. The molecule has 0 radical (unpaired) electrons. The number of carbonyl (C=O) groups excluding carboxylic acids is 1. The Balaban J connectivity index is 1.47. The molecule has 6 heteroatoms. The number of ether oxygens (including phenoxy) is 1. The second kappa shape index (κ2) is 6.34. The molecule has 0 unspecified atom stereocenters. The van der Waals surface area contributed by atoms with Crippen LogP contribution in [0.1, 0.15) is 11.5 Å². The minimum absolute atomic E-state index is 0.00789. The molecule has 0 aromatic heterocycles. The SMILES string of the molecule is O=C(C1=Nc2ccc3c(c2=C1)=CCO3)N1C[C@@H](CCl)c2c1cc(O)c1ccccc21. The lowest BCUT2D eigenvalue weighted by molar-refractivity contribution is -0.112. The summed E-state index contributed by atoms with van der Waals surface area (Å²) in [4.78, 5) is 19.8. The number of hydrogen-bond acceptors (Lipinski definition) is 4. The number of aliphatic imine (C=N–C) groups is 1. The summed E-state index contributed by atoms with van der Waals surface area (Å²) in [5, 5.41) is 14.2. The highest BCUT2D eigenvalue weighted by Crippen LogP contribution is 2.45. The van der Waals surface area contributed by atoms with Crippen molar-refractivity contribution in [2.45, 2.75) is 5.92 Å². The van der Waals surface area contributed by atoms with Crippen molar-refractivity contribution in [3.8, 4) is 11.5 Å².